The molecule has 57 heavy (non-hydrogen) atoms. The van der Waals surface area contributed by atoms with Crippen molar-refractivity contribution in [1.29, 1.82) is 0 Å². The number of halogens is 1. The Kier molecular flexibility index (Phi) is 38.8. The molecule has 0 bridgehead atoms. The van der Waals surface area contributed by atoms with Crippen LogP contribution in [0.2, 0.25) is 0 Å². The number of rotatable bonds is 44. The summed E-state index contributed by atoms with van der Waals surface area (Å²) >= 11 is 3.31. The molecule has 2 atom stereocenters. The highest BCUT2D eigenvalue weighted by molar-refractivity contribution is 9.10. The van der Waals surface area contributed by atoms with Crippen molar-refractivity contribution < 1.29 is 42.4 Å². The third kappa shape index (κ3) is 40.4. The normalized spacial score (nSPS) is 13.4. The van der Waals surface area contributed by atoms with Gasteiger partial charge in [0.1, 0.15) is 12.4 Å². The zero-order chi connectivity index (χ0) is 42.3. The summed E-state index contributed by atoms with van der Waals surface area (Å²) < 4.78 is 33.0. The summed E-state index contributed by atoms with van der Waals surface area (Å²) in [7, 11) is -4.49. The smallest absolute Gasteiger partial charge is 0.462 e. The summed E-state index contributed by atoms with van der Waals surface area (Å²) in [6, 6.07) is 0. The first-order chi connectivity index (χ1) is 27.4. The predicted octanol–water partition coefficient (Wildman–Crippen LogP) is 14.6. The van der Waals surface area contributed by atoms with Gasteiger partial charge >= 0.3 is 19.8 Å². The monoisotopic (exact) mass is 895 g/mol. The van der Waals surface area contributed by atoms with Crippen LogP contribution in [0, 0.1) is 0 Å². The molecule has 0 fully saturated rings. The molecule has 0 rings (SSSR count). The van der Waals surface area contributed by atoms with Crippen LogP contribution in [0.15, 0.2) is 0 Å². The molecule has 1 N–H and O–H groups in total. The second-order valence-corrected chi connectivity index (χ2v) is 20.2. The Labute approximate surface area is 358 Å². The largest absolute Gasteiger partial charge is 0.472 e. The highest BCUT2D eigenvalue weighted by Gasteiger charge is 2.27. The number of phosphoric acid groups is 1. The minimum absolute atomic E-state index is 0.0491. The van der Waals surface area contributed by atoms with Crippen LogP contribution < -0.4 is 0 Å². The summed E-state index contributed by atoms with van der Waals surface area (Å²) in [6.45, 7) is 7.12. The first-order valence-electron chi connectivity index (χ1n) is 23.6. The van der Waals surface area contributed by atoms with Crippen molar-refractivity contribution in [1.82, 2.24) is 0 Å². The van der Waals surface area contributed by atoms with Gasteiger partial charge in [0.2, 0.25) is 0 Å². The van der Waals surface area contributed by atoms with E-state index in [4.69, 9.17) is 18.5 Å². The zero-order valence-electron chi connectivity index (χ0n) is 37.3. The fourth-order valence-electron chi connectivity index (χ4n) is 6.82. The number of hydrogen-bond acceptors (Lipinski definition) is 8. The van der Waals surface area contributed by atoms with Crippen LogP contribution in [0.1, 0.15) is 246 Å². The van der Waals surface area contributed by atoms with Crippen molar-refractivity contribution in [3.05, 3.63) is 0 Å². The Balaban J connectivity index is 4.43. The van der Waals surface area contributed by atoms with E-state index in [1.807, 2.05) is 0 Å². The second kappa shape index (κ2) is 39.3. The third-order valence-corrected chi connectivity index (χ3v) is 12.0. The van der Waals surface area contributed by atoms with Gasteiger partial charge in [-0.25, -0.2) is 4.57 Å². The first kappa shape index (κ1) is 56.2. The molecular formula is C46H88BrO9P. The fraction of sp³-hybridized carbons (Fsp3) is 0.935. The van der Waals surface area contributed by atoms with Crippen LogP contribution >= 0.6 is 23.8 Å². The maximum atomic E-state index is 12.7. The van der Waals surface area contributed by atoms with E-state index >= 15 is 0 Å². The maximum Gasteiger partial charge on any atom is 0.472 e. The van der Waals surface area contributed by atoms with Crippen molar-refractivity contribution in [2.24, 2.45) is 0 Å². The number of carbonyl (C=O) groups excluding carboxylic acids is 3. The van der Waals surface area contributed by atoms with Crippen molar-refractivity contribution in [2.45, 2.75) is 256 Å². The lowest BCUT2D eigenvalue weighted by Crippen LogP contribution is -2.29. The van der Waals surface area contributed by atoms with E-state index in [9.17, 15) is 23.8 Å². The molecule has 0 aliphatic rings. The van der Waals surface area contributed by atoms with E-state index in [0.29, 0.717) is 6.42 Å². The van der Waals surface area contributed by atoms with Gasteiger partial charge in [0.25, 0.3) is 0 Å². The summed E-state index contributed by atoms with van der Waals surface area (Å²) in [4.78, 5) is 47.6. The van der Waals surface area contributed by atoms with Crippen LogP contribution in [0.25, 0.3) is 0 Å². The van der Waals surface area contributed by atoms with E-state index in [1.165, 1.54) is 148 Å². The van der Waals surface area contributed by atoms with Gasteiger partial charge < -0.3 is 14.4 Å². The predicted molar refractivity (Wildman–Crippen MR) is 239 cm³/mol. The van der Waals surface area contributed by atoms with Gasteiger partial charge in [0.15, 0.2) is 6.10 Å². The molecule has 0 aromatic carbocycles. The highest BCUT2D eigenvalue weighted by atomic mass is 79.9. The van der Waals surface area contributed by atoms with E-state index in [-0.39, 0.29) is 44.7 Å². The van der Waals surface area contributed by atoms with Crippen LogP contribution in [0.5, 0.6) is 0 Å². The minimum Gasteiger partial charge on any atom is -0.462 e. The van der Waals surface area contributed by atoms with Gasteiger partial charge in [-0.2, -0.15) is 0 Å². The lowest BCUT2D eigenvalue weighted by molar-refractivity contribution is -0.161. The van der Waals surface area contributed by atoms with Crippen LogP contribution in [-0.2, 0) is 37.5 Å². The molecule has 0 aliphatic carbocycles. The molecule has 0 amide bonds. The minimum atomic E-state index is -4.49. The van der Waals surface area contributed by atoms with E-state index in [0.717, 1.165) is 38.5 Å². The van der Waals surface area contributed by atoms with E-state index in [2.05, 4.69) is 29.8 Å². The van der Waals surface area contributed by atoms with Gasteiger partial charge in [-0.3, -0.25) is 23.4 Å². The van der Waals surface area contributed by atoms with Gasteiger partial charge in [-0.1, -0.05) is 210 Å². The molecule has 0 spiro atoms. The molecule has 0 aliphatic heterocycles. The van der Waals surface area contributed by atoms with Gasteiger partial charge in [0, 0.05) is 19.3 Å². The molecule has 0 radical (unpaired) electrons. The van der Waals surface area contributed by atoms with Crippen molar-refractivity contribution >= 4 is 41.5 Å². The Morgan fingerprint density at radius 1 is 0.509 bits per heavy atom. The molecule has 11 heteroatoms. The Morgan fingerprint density at radius 3 is 1.23 bits per heavy atom. The zero-order valence-corrected chi connectivity index (χ0v) is 39.8. The van der Waals surface area contributed by atoms with Crippen LogP contribution in [-0.4, -0.2) is 52.9 Å². The van der Waals surface area contributed by atoms with Crippen molar-refractivity contribution in [2.75, 3.05) is 19.8 Å². The molecule has 338 valence electrons. The summed E-state index contributed by atoms with van der Waals surface area (Å²) in [6.07, 6.45) is 37.0. The molecule has 9 nitrogen and oxygen atoms in total. The van der Waals surface area contributed by atoms with Gasteiger partial charge in [0.05, 0.1) is 17.5 Å². The number of alkyl halides is 1. The Morgan fingerprint density at radius 2 is 0.860 bits per heavy atom. The summed E-state index contributed by atoms with van der Waals surface area (Å²) in [5.41, 5.74) is 0. The molecule has 0 heterocycles. The average molecular weight is 896 g/mol. The standard InChI is InChI=1S/C46H88BrO9P/c1-5-7-9-11-13-15-17-19-21-23-25-27-29-31-33-37-44(49)53-40-42(41-55-57(51,52)54-39-35-36-43(48)46(3,4)47)56-45(50)38-34-32-30-28-26-24-22-20-18-16-14-12-10-8-6-2/h42H,5-41H2,1-4H3,(H,51,52). The number of carbonyl (C=O) groups is 3. The third-order valence-electron chi connectivity index (χ3n) is 10.6. The van der Waals surface area contributed by atoms with Crippen LogP contribution in [0.3, 0.4) is 0 Å². The number of ether oxygens (including phenoxy) is 2. The Bertz CT molecular complexity index is 1000. The molecule has 0 saturated heterocycles. The number of phosphoric ester groups is 1. The average Bonchev–Trinajstić information content (AvgIpc) is 3.17. The summed E-state index contributed by atoms with van der Waals surface area (Å²) in [5, 5.41) is 0. The number of Topliss-reactive ketones (excluding diaryl/α,β-unsaturated/α-hetero) is 1. The van der Waals surface area contributed by atoms with Crippen molar-refractivity contribution in [3.8, 4) is 0 Å². The SMILES string of the molecule is CCCCCCCCCCCCCCCCCC(=O)OCC(COP(=O)(O)OCCCC(=O)C(C)(C)Br)OC(=O)CCCCCCCCCCCCCCCCC. The maximum absolute atomic E-state index is 12.7. The fourth-order valence-corrected chi connectivity index (χ4v) is 7.81. The summed E-state index contributed by atoms with van der Waals surface area (Å²) in [5.74, 6) is -0.899. The van der Waals surface area contributed by atoms with Crippen LogP contribution in [0.4, 0.5) is 0 Å². The highest BCUT2D eigenvalue weighted by Crippen LogP contribution is 2.43. The molecule has 0 aromatic rings. The number of hydrogen-bond donors (Lipinski definition) is 1. The van der Waals surface area contributed by atoms with E-state index in [1.54, 1.807) is 13.8 Å². The quantitative estimate of drug-likeness (QED) is 0.0275. The van der Waals surface area contributed by atoms with Gasteiger partial charge in [-0.15, -0.1) is 0 Å². The van der Waals surface area contributed by atoms with E-state index < -0.39 is 36.8 Å². The lowest BCUT2D eigenvalue weighted by atomic mass is 10.0. The molecule has 2 unspecified atom stereocenters. The first-order valence-corrected chi connectivity index (χ1v) is 25.9. The molecule has 0 saturated carbocycles. The second-order valence-electron chi connectivity index (χ2n) is 16.8. The van der Waals surface area contributed by atoms with Crippen molar-refractivity contribution in [3.63, 3.8) is 0 Å². The number of ketones is 1. The topological polar surface area (TPSA) is 125 Å². The van der Waals surface area contributed by atoms with Gasteiger partial charge in [-0.05, 0) is 33.1 Å². The number of unbranched alkanes of at least 4 members (excludes halogenated alkanes) is 28. The number of esters is 2. The lowest BCUT2D eigenvalue weighted by Gasteiger charge is -2.20. The molecular weight excluding hydrogens is 807 g/mol. The molecule has 0 aromatic heterocycles. The Hall–Kier alpha value is -0.800.